The monoisotopic (exact) mass is 384 g/mol. The van der Waals surface area contributed by atoms with Crippen molar-refractivity contribution in [3.05, 3.63) is 72.3 Å². The van der Waals surface area contributed by atoms with E-state index in [1.165, 1.54) is 0 Å². The summed E-state index contributed by atoms with van der Waals surface area (Å²) >= 11 is 0. The molecule has 0 unspecified atom stereocenters. The van der Waals surface area contributed by atoms with Crippen molar-refractivity contribution in [3.63, 3.8) is 0 Å². The number of hydrogen-bond acceptors (Lipinski definition) is 5. The lowest BCUT2D eigenvalue weighted by Crippen LogP contribution is -2.14. The predicted octanol–water partition coefficient (Wildman–Crippen LogP) is 4.18. The Balaban J connectivity index is 1.83. The molecule has 3 N–H and O–H groups in total. The summed E-state index contributed by atoms with van der Waals surface area (Å²) in [5.41, 5.74) is 7.46. The Morgan fingerprint density at radius 2 is 1.44 bits per heavy atom. The molecule has 0 amide bonds. The standard InChI is InChI=1S/C20H20N2O4S/c1-14-3-10-18(11-4-14)27(23,24)22-20-13-17(9-12-19(20)21)26-16-7-5-15(25-2)6-8-16/h3-13,22H,21H2,1-2H3. The summed E-state index contributed by atoms with van der Waals surface area (Å²) in [6, 6.07) is 18.4. The van der Waals surface area contributed by atoms with E-state index < -0.39 is 10.0 Å². The Bertz CT molecular complexity index is 1030. The van der Waals surface area contributed by atoms with Crippen molar-refractivity contribution in [2.75, 3.05) is 17.6 Å². The smallest absolute Gasteiger partial charge is 0.261 e. The van der Waals surface area contributed by atoms with Crippen LogP contribution in [0.3, 0.4) is 0 Å². The number of methoxy groups -OCH3 is 1. The number of hydrogen-bond donors (Lipinski definition) is 2. The van der Waals surface area contributed by atoms with Gasteiger partial charge in [-0.25, -0.2) is 8.42 Å². The molecule has 3 rings (SSSR count). The molecule has 27 heavy (non-hydrogen) atoms. The molecule has 140 valence electrons. The third-order valence-electron chi connectivity index (χ3n) is 3.90. The fraction of sp³-hybridized carbons (Fsp3) is 0.100. The molecule has 0 atom stereocenters. The Hall–Kier alpha value is -3.19. The topological polar surface area (TPSA) is 90.7 Å². The molecule has 0 radical (unpaired) electrons. The lowest BCUT2D eigenvalue weighted by atomic mass is 10.2. The zero-order valence-electron chi connectivity index (χ0n) is 15.0. The first-order valence-corrected chi connectivity index (χ1v) is 9.66. The third kappa shape index (κ3) is 4.51. The van der Waals surface area contributed by atoms with Crippen molar-refractivity contribution in [2.45, 2.75) is 11.8 Å². The Labute approximate surface area is 158 Å². The third-order valence-corrected chi connectivity index (χ3v) is 5.28. The molecule has 0 aliphatic rings. The molecule has 0 spiro atoms. The van der Waals surface area contributed by atoms with Crippen LogP contribution in [0.5, 0.6) is 17.2 Å². The van der Waals surface area contributed by atoms with E-state index in [0.717, 1.165) is 5.56 Å². The zero-order valence-corrected chi connectivity index (χ0v) is 15.8. The summed E-state index contributed by atoms with van der Waals surface area (Å²) in [6.07, 6.45) is 0. The number of benzene rings is 3. The maximum absolute atomic E-state index is 12.6. The lowest BCUT2D eigenvalue weighted by Gasteiger charge is -2.13. The zero-order chi connectivity index (χ0) is 19.4. The highest BCUT2D eigenvalue weighted by Crippen LogP contribution is 2.30. The van der Waals surface area contributed by atoms with Gasteiger partial charge in [0.1, 0.15) is 17.2 Å². The molecule has 3 aromatic carbocycles. The number of nitrogen functional groups attached to an aromatic ring is 1. The van der Waals surface area contributed by atoms with Crippen LogP contribution in [0.25, 0.3) is 0 Å². The Morgan fingerprint density at radius 1 is 0.852 bits per heavy atom. The van der Waals surface area contributed by atoms with E-state index in [1.807, 2.05) is 6.92 Å². The molecule has 0 heterocycles. The second kappa shape index (κ2) is 7.59. The van der Waals surface area contributed by atoms with Gasteiger partial charge in [-0.05, 0) is 55.5 Å². The van der Waals surface area contributed by atoms with E-state index in [-0.39, 0.29) is 10.6 Å². The van der Waals surface area contributed by atoms with Gasteiger partial charge >= 0.3 is 0 Å². The minimum absolute atomic E-state index is 0.161. The molecule has 0 fully saturated rings. The molecule has 0 saturated heterocycles. The first-order valence-electron chi connectivity index (χ1n) is 8.18. The Morgan fingerprint density at radius 3 is 2.07 bits per heavy atom. The van der Waals surface area contributed by atoms with Crippen LogP contribution in [-0.2, 0) is 10.0 Å². The molecule has 7 heteroatoms. The second-order valence-corrected chi connectivity index (χ2v) is 7.63. The number of anilines is 2. The first kappa shape index (κ1) is 18.6. The van der Waals surface area contributed by atoms with Crippen molar-refractivity contribution in [3.8, 4) is 17.2 Å². The van der Waals surface area contributed by atoms with Gasteiger partial charge in [0.15, 0.2) is 0 Å². The number of sulfonamides is 1. The van der Waals surface area contributed by atoms with Crippen LogP contribution in [-0.4, -0.2) is 15.5 Å². The quantitative estimate of drug-likeness (QED) is 0.622. The van der Waals surface area contributed by atoms with Gasteiger partial charge in [0.05, 0.1) is 23.4 Å². The molecule has 6 nitrogen and oxygen atoms in total. The van der Waals surface area contributed by atoms with Crippen LogP contribution in [0.2, 0.25) is 0 Å². The van der Waals surface area contributed by atoms with Crippen molar-refractivity contribution in [1.29, 1.82) is 0 Å². The number of nitrogens with one attached hydrogen (secondary N) is 1. The maximum Gasteiger partial charge on any atom is 0.261 e. The number of rotatable bonds is 6. The van der Waals surface area contributed by atoms with Gasteiger partial charge in [0.25, 0.3) is 10.0 Å². The van der Waals surface area contributed by atoms with Crippen molar-refractivity contribution < 1.29 is 17.9 Å². The van der Waals surface area contributed by atoms with Crippen LogP contribution in [0, 0.1) is 6.92 Å². The van der Waals surface area contributed by atoms with E-state index in [1.54, 1.807) is 73.8 Å². The molecule has 0 saturated carbocycles. The molecule has 0 bridgehead atoms. The van der Waals surface area contributed by atoms with E-state index in [0.29, 0.717) is 22.9 Å². The number of aryl methyl sites for hydroxylation is 1. The summed E-state index contributed by atoms with van der Waals surface area (Å²) in [4.78, 5) is 0.161. The summed E-state index contributed by atoms with van der Waals surface area (Å²) in [5, 5.41) is 0. The van der Waals surface area contributed by atoms with E-state index in [4.69, 9.17) is 15.2 Å². The van der Waals surface area contributed by atoms with E-state index in [2.05, 4.69) is 4.72 Å². The maximum atomic E-state index is 12.6. The average molecular weight is 384 g/mol. The summed E-state index contributed by atoms with van der Waals surface area (Å²) in [5.74, 6) is 1.76. The lowest BCUT2D eigenvalue weighted by molar-refractivity contribution is 0.413. The van der Waals surface area contributed by atoms with Gasteiger partial charge < -0.3 is 15.2 Å². The molecular weight excluding hydrogens is 364 g/mol. The number of nitrogens with two attached hydrogens (primary N) is 1. The number of ether oxygens (including phenoxy) is 2. The van der Waals surface area contributed by atoms with Gasteiger partial charge in [-0.2, -0.15) is 0 Å². The van der Waals surface area contributed by atoms with Crippen molar-refractivity contribution >= 4 is 21.4 Å². The second-order valence-electron chi connectivity index (χ2n) is 5.95. The van der Waals surface area contributed by atoms with Crippen LogP contribution in [0.4, 0.5) is 11.4 Å². The van der Waals surface area contributed by atoms with Crippen LogP contribution in [0.1, 0.15) is 5.56 Å². The van der Waals surface area contributed by atoms with Crippen LogP contribution in [0.15, 0.2) is 71.6 Å². The minimum Gasteiger partial charge on any atom is -0.497 e. The fourth-order valence-corrected chi connectivity index (χ4v) is 3.47. The summed E-state index contributed by atoms with van der Waals surface area (Å²) < 4.78 is 38.6. The SMILES string of the molecule is COc1ccc(Oc2ccc(N)c(NS(=O)(=O)c3ccc(C)cc3)c2)cc1. The van der Waals surface area contributed by atoms with Crippen LogP contribution < -0.4 is 19.9 Å². The van der Waals surface area contributed by atoms with Crippen molar-refractivity contribution in [2.24, 2.45) is 0 Å². The minimum atomic E-state index is -3.75. The van der Waals surface area contributed by atoms with Gasteiger partial charge in [-0.3, -0.25) is 4.72 Å². The van der Waals surface area contributed by atoms with Gasteiger partial charge in [-0.15, -0.1) is 0 Å². The highest BCUT2D eigenvalue weighted by Gasteiger charge is 2.16. The largest absolute Gasteiger partial charge is 0.497 e. The summed E-state index contributed by atoms with van der Waals surface area (Å²) in [6.45, 7) is 1.89. The average Bonchev–Trinajstić information content (AvgIpc) is 2.65. The molecule has 3 aromatic rings. The predicted molar refractivity (Wildman–Crippen MR) is 106 cm³/mol. The highest BCUT2D eigenvalue weighted by molar-refractivity contribution is 7.92. The van der Waals surface area contributed by atoms with Gasteiger partial charge in [0.2, 0.25) is 0 Å². The van der Waals surface area contributed by atoms with E-state index >= 15 is 0 Å². The van der Waals surface area contributed by atoms with Crippen LogP contribution >= 0.6 is 0 Å². The fourth-order valence-electron chi connectivity index (χ4n) is 2.39. The van der Waals surface area contributed by atoms with E-state index in [9.17, 15) is 8.42 Å². The summed E-state index contributed by atoms with van der Waals surface area (Å²) in [7, 11) is -2.17. The van der Waals surface area contributed by atoms with Gasteiger partial charge in [-0.1, -0.05) is 17.7 Å². The first-order chi connectivity index (χ1) is 12.9. The normalized spacial score (nSPS) is 11.0. The highest BCUT2D eigenvalue weighted by atomic mass is 32.2. The molecule has 0 aliphatic carbocycles. The van der Waals surface area contributed by atoms with Gasteiger partial charge in [0, 0.05) is 6.07 Å². The Kier molecular flexibility index (Phi) is 5.23. The molecule has 0 aromatic heterocycles. The molecule has 0 aliphatic heterocycles. The molecular formula is C20H20N2O4S. The van der Waals surface area contributed by atoms with Crippen molar-refractivity contribution in [1.82, 2.24) is 0 Å².